The van der Waals surface area contributed by atoms with Gasteiger partial charge in [-0.05, 0) is 48.4 Å². The van der Waals surface area contributed by atoms with Gasteiger partial charge in [0.15, 0.2) is 11.5 Å². The monoisotopic (exact) mass is 597 g/mol. The van der Waals surface area contributed by atoms with Crippen molar-refractivity contribution in [3.05, 3.63) is 64.2 Å². The average Bonchev–Trinajstić information content (AvgIpc) is 3.25. The van der Waals surface area contributed by atoms with Gasteiger partial charge in [-0.15, -0.1) is 0 Å². The van der Waals surface area contributed by atoms with E-state index in [-0.39, 0.29) is 11.3 Å². The molecule has 0 saturated carbocycles. The Morgan fingerprint density at radius 2 is 1.29 bits per heavy atom. The van der Waals surface area contributed by atoms with E-state index in [2.05, 4.69) is 6.92 Å². The standard InChI is InChI=1S/C35H48ClNO5/c1-4-5-6-7-8-9-10-11-12-13-14-15-16-17-24-37-32(27-20-23-29(41-2)30(25-27)42-3)31(34(39)35(37)40)33(38)26-18-21-28(36)22-19-26/h18-23,25,32,38H,4-17,24H2,1-3H3/b33-31+. The molecule has 0 aliphatic carbocycles. The van der Waals surface area contributed by atoms with Gasteiger partial charge in [0.05, 0.1) is 25.8 Å². The van der Waals surface area contributed by atoms with Crippen LogP contribution in [0.3, 0.4) is 0 Å². The summed E-state index contributed by atoms with van der Waals surface area (Å²) in [5.74, 6) is -0.465. The largest absolute Gasteiger partial charge is 0.507 e. The minimum Gasteiger partial charge on any atom is -0.507 e. The lowest BCUT2D eigenvalue weighted by molar-refractivity contribution is -0.139. The van der Waals surface area contributed by atoms with Gasteiger partial charge in [0.25, 0.3) is 11.7 Å². The fourth-order valence-electron chi connectivity index (χ4n) is 5.72. The van der Waals surface area contributed by atoms with E-state index in [4.69, 9.17) is 21.1 Å². The lowest BCUT2D eigenvalue weighted by Gasteiger charge is -2.26. The molecule has 6 nitrogen and oxygen atoms in total. The number of ether oxygens (including phenoxy) is 2. The third-order valence-corrected chi connectivity index (χ3v) is 8.39. The van der Waals surface area contributed by atoms with E-state index in [1.807, 2.05) is 6.07 Å². The van der Waals surface area contributed by atoms with Crippen LogP contribution in [0.2, 0.25) is 5.02 Å². The molecular weight excluding hydrogens is 550 g/mol. The van der Waals surface area contributed by atoms with Gasteiger partial charge >= 0.3 is 0 Å². The van der Waals surface area contributed by atoms with E-state index in [9.17, 15) is 14.7 Å². The first kappa shape index (κ1) is 33.5. The highest BCUT2D eigenvalue weighted by Crippen LogP contribution is 2.42. The smallest absolute Gasteiger partial charge is 0.295 e. The number of nitrogens with zero attached hydrogens (tertiary/aromatic N) is 1. The summed E-state index contributed by atoms with van der Waals surface area (Å²) in [7, 11) is 3.10. The lowest BCUT2D eigenvalue weighted by atomic mass is 9.95. The van der Waals surface area contributed by atoms with E-state index < -0.39 is 17.7 Å². The van der Waals surface area contributed by atoms with E-state index in [0.717, 1.165) is 19.3 Å². The number of likely N-dealkylation sites (tertiary alicyclic amines) is 1. The molecule has 42 heavy (non-hydrogen) atoms. The molecule has 1 fully saturated rings. The number of methoxy groups -OCH3 is 2. The molecule has 2 aromatic rings. The topological polar surface area (TPSA) is 76.1 Å². The number of Topliss-reactive ketones (excluding diaryl/α,β-unsaturated/α-hetero) is 1. The Morgan fingerprint density at radius 1 is 0.762 bits per heavy atom. The molecule has 7 heteroatoms. The SMILES string of the molecule is CCCCCCCCCCCCCCCCN1C(=O)C(=O)/C(=C(/O)c2ccc(Cl)cc2)C1c1ccc(OC)c(OC)c1. The fourth-order valence-corrected chi connectivity index (χ4v) is 5.85. The van der Waals surface area contributed by atoms with E-state index in [1.165, 1.54) is 70.6 Å². The number of aliphatic hydroxyl groups excluding tert-OH is 1. The zero-order valence-corrected chi connectivity index (χ0v) is 26.4. The van der Waals surface area contributed by atoms with Crippen molar-refractivity contribution in [3.8, 4) is 11.5 Å². The molecule has 1 heterocycles. The number of ketones is 1. The van der Waals surface area contributed by atoms with Crippen molar-refractivity contribution >= 4 is 29.1 Å². The molecule has 1 aliphatic rings. The van der Waals surface area contributed by atoms with Crippen LogP contribution in [0.15, 0.2) is 48.0 Å². The second-order valence-electron chi connectivity index (χ2n) is 11.2. The van der Waals surface area contributed by atoms with Crippen LogP contribution in [-0.2, 0) is 9.59 Å². The normalized spacial score (nSPS) is 16.3. The molecule has 230 valence electrons. The summed E-state index contributed by atoms with van der Waals surface area (Å²) in [5.41, 5.74) is 1.17. The number of amides is 1. The summed E-state index contributed by atoms with van der Waals surface area (Å²) in [6.45, 7) is 2.69. The summed E-state index contributed by atoms with van der Waals surface area (Å²) in [6.07, 6.45) is 17.4. The van der Waals surface area contributed by atoms with Crippen molar-refractivity contribution in [2.24, 2.45) is 0 Å². The molecule has 0 aromatic heterocycles. The Balaban J connectivity index is 1.62. The minimum atomic E-state index is -0.734. The first-order valence-electron chi connectivity index (χ1n) is 15.7. The van der Waals surface area contributed by atoms with Gasteiger partial charge in [-0.25, -0.2) is 0 Å². The Kier molecular flexibility index (Phi) is 14.2. The molecule has 3 rings (SSSR count). The van der Waals surface area contributed by atoms with Crippen LogP contribution < -0.4 is 9.47 Å². The summed E-state index contributed by atoms with van der Waals surface area (Å²) in [6, 6.07) is 11.2. The van der Waals surface area contributed by atoms with E-state index in [0.29, 0.717) is 34.2 Å². The molecule has 1 N–H and O–H groups in total. The number of halogens is 1. The maximum Gasteiger partial charge on any atom is 0.295 e. The molecule has 1 amide bonds. The molecule has 1 atom stereocenters. The molecule has 1 saturated heterocycles. The van der Waals surface area contributed by atoms with Gasteiger partial charge in [-0.3, -0.25) is 9.59 Å². The molecule has 1 aliphatic heterocycles. The molecular formula is C35H48ClNO5. The number of unbranched alkanes of at least 4 members (excludes halogenated alkanes) is 13. The van der Waals surface area contributed by atoms with Crippen LogP contribution in [0, 0.1) is 0 Å². The van der Waals surface area contributed by atoms with Crippen LogP contribution in [-0.4, -0.2) is 42.5 Å². The van der Waals surface area contributed by atoms with Gasteiger partial charge in [-0.2, -0.15) is 0 Å². The highest BCUT2D eigenvalue weighted by Gasteiger charge is 2.46. The van der Waals surface area contributed by atoms with E-state index >= 15 is 0 Å². The maximum atomic E-state index is 13.3. The number of carbonyl (C=O) groups is 2. The predicted molar refractivity (Wildman–Crippen MR) is 170 cm³/mol. The second-order valence-corrected chi connectivity index (χ2v) is 11.6. The van der Waals surface area contributed by atoms with Crippen LogP contribution in [0.1, 0.15) is 114 Å². The number of carbonyl (C=O) groups excluding carboxylic acids is 2. The third kappa shape index (κ3) is 9.26. The van der Waals surface area contributed by atoms with Crippen LogP contribution in [0.4, 0.5) is 0 Å². The highest BCUT2D eigenvalue weighted by atomic mass is 35.5. The van der Waals surface area contributed by atoms with Crippen molar-refractivity contribution in [1.82, 2.24) is 4.90 Å². The van der Waals surface area contributed by atoms with Crippen molar-refractivity contribution in [2.45, 2.75) is 103 Å². The fraction of sp³-hybridized carbons (Fsp3) is 0.543. The van der Waals surface area contributed by atoms with Gasteiger partial charge in [0.2, 0.25) is 0 Å². The predicted octanol–water partition coefficient (Wildman–Crippen LogP) is 9.26. The first-order valence-corrected chi connectivity index (χ1v) is 16.1. The molecule has 0 radical (unpaired) electrons. The summed E-state index contributed by atoms with van der Waals surface area (Å²) < 4.78 is 10.9. The van der Waals surface area contributed by atoms with Gasteiger partial charge in [-0.1, -0.05) is 108 Å². The zero-order valence-electron chi connectivity index (χ0n) is 25.6. The minimum absolute atomic E-state index is 0.0694. The molecule has 0 spiro atoms. The molecule has 2 aromatic carbocycles. The first-order chi connectivity index (χ1) is 20.4. The van der Waals surface area contributed by atoms with Crippen molar-refractivity contribution in [3.63, 3.8) is 0 Å². The van der Waals surface area contributed by atoms with Gasteiger partial charge < -0.3 is 19.5 Å². The Bertz CT molecular complexity index is 1180. The maximum absolute atomic E-state index is 13.3. The number of rotatable bonds is 19. The number of hydrogen-bond donors (Lipinski definition) is 1. The highest BCUT2D eigenvalue weighted by molar-refractivity contribution is 6.46. The number of benzene rings is 2. The Morgan fingerprint density at radius 3 is 1.81 bits per heavy atom. The van der Waals surface area contributed by atoms with E-state index in [1.54, 1.807) is 55.5 Å². The lowest BCUT2D eigenvalue weighted by Crippen LogP contribution is -2.30. The Hall–Kier alpha value is -2.99. The van der Waals surface area contributed by atoms with Crippen molar-refractivity contribution in [1.29, 1.82) is 0 Å². The van der Waals surface area contributed by atoms with Gasteiger partial charge in [0.1, 0.15) is 5.76 Å². The molecule has 0 bridgehead atoms. The summed E-state index contributed by atoms with van der Waals surface area (Å²) in [5, 5.41) is 11.8. The summed E-state index contributed by atoms with van der Waals surface area (Å²) in [4.78, 5) is 28.2. The average molecular weight is 598 g/mol. The van der Waals surface area contributed by atoms with Crippen LogP contribution in [0.25, 0.3) is 5.76 Å². The van der Waals surface area contributed by atoms with Crippen LogP contribution in [0.5, 0.6) is 11.5 Å². The van der Waals surface area contributed by atoms with Gasteiger partial charge in [0, 0.05) is 17.1 Å². The second kappa shape index (κ2) is 17.8. The summed E-state index contributed by atoms with van der Waals surface area (Å²) >= 11 is 6.04. The number of aliphatic hydroxyl groups is 1. The number of hydrogen-bond acceptors (Lipinski definition) is 5. The van der Waals surface area contributed by atoms with Crippen LogP contribution >= 0.6 is 11.6 Å². The third-order valence-electron chi connectivity index (χ3n) is 8.13. The van der Waals surface area contributed by atoms with Crippen molar-refractivity contribution in [2.75, 3.05) is 20.8 Å². The quantitative estimate of drug-likeness (QED) is 0.0755. The van der Waals surface area contributed by atoms with Crippen molar-refractivity contribution < 1.29 is 24.2 Å². The molecule has 1 unspecified atom stereocenters. The Labute approximate surface area is 257 Å². The zero-order chi connectivity index (χ0) is 30.3.